The summed E-state index contributed by atoms with van der Waals surface area (Å²) in [4.78, 5) is 12.0. The summed E-state index contributed by atoms with van der Waals surface area (Å²) >= 11 is 0. The summed E-state index contributed by atoms with van der Waals surface area (Å²) in [5.41, 5.74) is 1.09. The second-order valence-electron chi connectivity index (χ2n) is 5.40. The van der Waals surface area contributed by atoms with Crippen LogP contribution in [0.1, 0.15) is 15.9 Å². The van der Waals surface area contributed by atoms with Crippen molar-refractivity contribution in [2.45, 2.75) is 6.54 Å². The molecule has 0 aromatic heterocycles. The number of halogens is 2. The van der Waals surface area contributed by atoms with Gasteiger partial charge in [0.05, 0.1) is 0 Å². The van der Waals surface area contributed by atoms with Crippen LogP contribution in [0.2, 0.25) is 0 Å². The van der Waals surface area contributed by atoms with Crippen LogP contribution in [0.5, 0.6) is 11.5 Å². The van der Waals surface area contributed by atoms with Crippen molar-refractivity contribution in [1.29, 1.82) is 0 Å². The smallest absolute Gasteiger partial charge is 0.251 e. The molecule has 0 aliphatic heterocycles. The fraction of sp³-hybridized carbons (Fsp3) is 0.0500. The molecule has 0 atom stereocenters. The van der Waals surface area contributed by atoms with Gasteiger partial charge in [-0.2, -0.15) is 0 Å². The van der Waals surface area contributed by atoms with E-state index in [-0.39, 0.29) is 23.8 Å². The predicted molar refractivity (Wildman–Crippen MR) is 90.5 cm³/mol. The Hall–Kier alpha value is -3.21. The molecule has 1 N–H and O–H groups in total. The first-order valence-electron chi connectivity index (χ1n) is 7.66. The molecular formula is C20H15F2NO2. The minimum atomic E-state index is -0.456. The van der Waals surface area contributed by atoms with E-state index >= 15 is 0 Å². The first-order chi connectivity index (χ1) is 12.1. The minimum Gasteiger partial charge on any atom is -0.457 e. The van der Waals surface area contributed by atoms with Gasteiger partial charge in [-0.25, -0.2) is 8.78 Å². The maximum absolute atomic E-state index is 13.2. The summed E-state index contributed by atoms with van der Waals surface area (Å²) in [5, 5.41) is 2.73. The van der Waals surface area contributed by atoms with E-state index in [0.29, 0.717) is 11.5 Å². The number of hydrogen-bond donors (Lipinski definition) is 1. The van der Waals surface area contributed by atoms with Crippen LogP contribution in [0, 0.1) is 11.6 Å². The molecule has 126 valence electrons. The van der Waals surface area contributed by atoms with Crippen molar-refractivity contribution >= 4 is 5.91 Å². The molecule has 0 bridgehead atoms. The molecule has 0 fully saturated rings. The van der Waals surface area contributed by atoms with E-state index in [1.165, 1.54) is 42.5 Å². The highest BCUT2D eigenvalue weighted by Crippen LogP contribution is 2.22. The molecule has 3 rings (SSSR count). The van der Waals surface area contributed by atoms with Gasteiger partial charge in [0.25, 0.3) is 5.91 Å². The number of hydrogen-bond acceptors (Lipinski definition) is 2. The van der Waals surface area contributed by atoms with Gasteiger partial charge in [0.1, 0.15) is 23.1 Å². The molecule has 0 saturated carbocycles. The lowest BCUT2D eigenvalue weighted by molar-refractivity contribution is 0.0950. The van der Waals surface area contributed by atoms with Crippen molar-refractivity contribution in [3.05, 3.63) is 95.6 Å². The van der Waals surface area contributed by atoms with E-state index in [0.717, 1.165) is 5.56 Å². The average molecular weight is 339 g/mol. The zero-order valence-corrected chi connectivity index (χ0v) is 13.2. The Morgan fingerprint density at radius 3 is 2.36 bits per heavy atom. The SMILES string of the molecule is O=C(NCc1cccc(Oc2ccc(F)cc2)c1)c1cccc(F)c1. The third kappa shape index (κ3) is 4.64. The van der Waals surface area contributed by atoms with Crippen LogP contribution in [-0.4, -0.2) is 5.91 Å². The topological polar surface area (TPSA) is 38.3 Å². The maximum Gasteiger partial charge on any atom is 0.251 e. The molecule has 25 heavy (non-hydrogen) atoms. The quantitative estimate of drug-likeness (QED) is 0.732. The fourth-order valence-corrected chi connectivity index (χ4v) is 2.27. The van der Waals surface area contributed by atoms with Gasteiger partial charge in [0, 0.05) is 12.1 Å². The summed E-state index contributed by atoms with van der Waals surface area (Å²) in [6.45, 7) is 0.274. The molecule has 0 saturated heterocycles. The van der Waals surface area contributed by atoms with Gasteiger partial charge in [-0.3, -0.25) is 4.79 Å². The molecule has 3 nitrogen and oxygen atoms in total. The Balaban J connectivity index is 1.63. The molecule has 0 radical (unpaired) electrons. The summed E-state index contributed by atoms with van der Waals surface area (Å²) < 4.78 is 31.7. The van der Waals surface area contributed by atoms with E-state index in [1.807, 2.05) is 6.07 Å². The summed E-state index contributed by atoms with van der Waals surface area (Å²) in [5.74, 6) is -0.0562. The highest BCUT2D eigenvalue weighted by atomic mass is 19.1. The second kappa shape index (κ2) is 7.57. The molecule has 0 unspecified atom stereocenters. The van der Waals surface area contributed by atoms with Crippen molar-refractivity contribution in [2.75, 3.05) is 0 Å². The zero-order chi connectivity index (χ0) is 17.6. The monoisotopic (exact) mass is 339 g/mol. The largest absolute Gasteiger partial charge is 0.457 e. The Labute approximate surface area is 143 Å². The molecule has 1 amide bonds. The number of rotatable bonds is 5. The molecule has 0 aliphatic carbocycles. The van der Waals surface area contributed by atoms with Gasteiger partial charge >= 0.3 is 0 Å². The first kappa shape index (κ1) is 16.6. The van der Waals surface area contributed by atoms with Gasteiger partial charge in [0.15, 0.2) is 0 Å². The standard InChI is InChI=1S/C20H15F2NO2/c21-16-7-9-18(10-8-16)25-19-6-1-3-14(11-19)13-23-20(24)15-4-2-5-17(22)12-15/h1-12H,13H2,(H,23,24). The normalized spacial score (nSPS) is 10.3. The van der Waals surface area contributed by atoms with E-state index in [4.69, 9.17) is 4.74 Å². The summed E-state index contributed by atoms with van der Waals surface area (Å²) in [6.07, 6.45) is 0. The number of benzene rings is 3. The maximum atomic E-state index is 13.2. The van der Waals surface area contributed by atoms with Gasteiger partial charge in [0.2, 0.25) is 0 Å². The number of amides is 1. The summed E-state index contributed by atoms with van der Waals surface area (Å²) in [7, 11) is 0. The van der Waals surface area contributed by atoms with E-state index in [1.54, 1.807) is 24.3 Å². The first-order valence-corrected chi connectivity index (χ1v) is 7.66. The van der Waals surface area contributed by atoms with Crippen LogP contribution in [-0.2, 0) is 6.54 Å². The molecule has 0 aliphatic rings. The third-order valence-electron chi connectivity index (χ3n) is 3.49. The van der Waals surface area contributed by atoms with Crippen molar-refractivity contribution in [2.24, 2.45) is 0 Å². The highest BCUT2D eigenvalue weighted by Gasteiger charge is 2.07. The van der Waals surface area contributed by atoms with E-state index in [9.17, 15) is 13.6 Å². The lowest BCUT2D eigenvalue weighted by Crippen LogP contribution is -2.22. The van der Waals surface area contributed by atoms with Crippen molar-refractivity contribution < 1.29 is 18.3 Å². The van der Waals surface area contributed by atoms with Crippen LogP contribution in [0.4, 0.5) is 8.78 Å². The number of ether oxygens (including phenoxy) is 1. The molecule has 5 heteroatoms. The third-order valence-corrected chi connectivity index (χ3v) is 3.49. The second-order valence-corrected chi connectivity index (χ2v) is 5.40. The molecular weight excluding hydrogens is 324 g/mol. The van der Waals surface area contributed by atoms with Gasteiger partial charge in [-0.05, 0) is 60.2 Å². The Bertz CT molecular complexity index is 879. The lowest BCUT2D eigenvalue weighted by atomic mass is 10.2. The van der Waals surface area contributed by atoms with Crippen molar-refractivity contribution in [1.82, 2.24) is 5.32 Å². The molecule has 0 heterocycles. The van der Waals surface area contributed by atoms with Crippen LogP contribution in [0.25, 0.3) is 0 Å². The molecule has 3 aromatic carbocycles. The van der Waals surface area contributed by atoms with Crippen LogP contribution >= 0.6 is 0 Å². The predicted octanol–water partition coefficient (Wildman–Crippen LogP) is 4.69. The van der Waals surface area contributed by atoms with E-state index in [2.05, 4.69) is 5.32 Å². The fourth-order valence-electron chi connectivity index (χ4n) is 2.27. The van der Waals surface area contributed by atoms with E-state index < -0.39 is 5.82 Å². The van der Waals surface area contributed by atoms with Crippen molar-refractivity contribution in [3.63, 3.8) is 0 Å². The number of carbonyl (C=O) groups excluding carboxylic acids is 1. The van der Waals surface area contributed by atoms with Crippen LogP contribution in [0.15, 0.2) is 72.8 Å². The highest BCUT2D eigenvalue weighted by molar-refractivity contribution is 5.94. The molecule has 3 aromatic rings. The zero-order valence-electron chi connectivity index (χ0n) is 13.2. The van der Waals surface area contributed by atoms with Gasteiger partial charge < -0.3 is 10.1 Å². The molecule has 0 spiro atoms. The minimum absolute atomic E-state index is 0.263. The number of nitrogens with one attached hydrogen (secondary N) is 1. The van der Waals surface area contributed by atoms with Crippen molar-refractivity contribution in [3.8, 4) is 11.5 Å². The Morgan fingerprint density at radius 2 is 1.60 bits per heavy atom. The number of carbonyl (C=O) groups is 1. The Morgan fingerprint density at radius 1 is 0.840 bits per heavy atom. The Kier molecular flexibility index (Phi) is 5.04. The van der Waals surface area contributed by atoms with Gasteiger partial charge in [-0.15, -0.1) is 0 Å². The van der Waals surface area contributed by atoms with Gasteiger partial charge in [-0.1, -0.05) is 18.2 Å². The van der Waals surface area contributed by atoms with Crippen LogP contribution < -0.4 is 10.1 Å². The van der Waals surface area contributed by atoms with Crippen LogP contribution in [0.3, 0.4) is 0 Å². The average Bonchev–Trinajstić information content (AvgIpc) is 2.62. The lowest BCUT2D eigenvalue weighted by Gasteiger charge is -2.09. The summed E-state index contributed by atoms with van der Waals surface area (Å²) in [6, 6.07) is 18.4.